The zero-order valence-electron chi connectivity index (χ0n) is 11.4. The fourth-order valence-electron chi connectivity index (χ4n) is 1.85. The van der Waals surface area contributed by atoms with Crippen LogP contribution in [0.25, 0.3) is 0 Å². The monoisotopic (exact) mass is 257 g/mol. The highest BCUT2D eigenvalue weighted by Crippen LogP contribution is 2.05. The molecule has 0 aromatic heterocycles. The zero-order valence-corrected chi connectivity index (χ0v) is 11.4. The molecule has 0 radical (unpaired) electrons. The van der Waals surface area contributed by atoms with E-state index in [0.717, 1.165) is 0 Å². The molecule has 1 rings (SSSR count). The Kier molecular flexibility index (Phi) is 6.07. The maximum absolute atomic E-state index is 12.0. The van der Waals surface area contributed by atoms with Crippen LogP contribution in [0.4, 0.5) is 0 Å². The van der Waals surface area contributed by atoms with Crippen molar-refractivity contribution in [1.29, 1.82) is 0 Å². The van der Waals surface area contributed by atoms with E-state index in [-0.39, 0.29) is 24.5 Å². The molecule has 1 heterocycles. The largest absolute Gasteiger partial charge is 0.369 e. The first kappa shape index (κ1) is 14.9. The van der Waals surface area contributed by atoms with E-state index in [1.165, 1.54) is 0 Å². The van der Waals surface area contributed by atoms with Crippen molar-refractivity contribution >= 4 is 11.8 Å². The summed E-state index contributed by atoms with van der Waals surface area (Å²) in [6, 6.07) is -0.429. The number of hydrogen-bond acceptors (Lipinski definition) is 4. The van der Waals surface area contributed by atoms with Gasteiger partial charge in [-0.15, -0.1) is 0 Å². The summed E-state index contributed by atoms with van der Waals surface area (Å²) >= 11 is 0. The Morgan fingerprint density at radius 3 is 2.83 bits per heavy atom. The fourth-order valence-corrected chi connectivity index (χ4v) is 1.85. The second-order valence-electron chi connectivity index (χ2n) is 4.56. The Hall–Kier alpha value is -1.14. The Balaban J connectivity index is 2.58. The number of nitrogens with zero attached hydrogens (tertiary/aromatic N) is 1. The summed E-state index contributed by atoms with van der Waals surface area (Å²) in [5, 5.41) is 5.88. The van der Waals surface area contributed by atoms with Crippen molar-refractivity contribution < 1.29 is 14.3 Å². The van der Waals surface area contributed by atoms with Crippen LogP contribution in [0.15, 0.2) is 0 Å². The standard InChI is InChI=1S/C12H23N3O3/c1-4-14-12(17)10-7-13-5-6-15(10)11(16)8-18-9(2)3/h9-10,13H,4-8H2,1-3H3,(H,14,17). The van der Waals surface area contributed by atoms with Gasteiger partial charge in [-0.1, -0.05) is 0 Å². The van der Waals surface area contributed by atoms with Crippen LogP contribution in [0.3, 0.4) is 0 Å². The molecule has 6 nitrogen and oxygen atoms in total. The van der Waals surface area contributed by atoms with E-state index in [9.17, 15) is 9.59 Å². The maximum Gasteiger partial charge on any atom is 0.249 e. The number of amides is 2. The van der Waals surface area contributed by atoms with Gasteiger partial charge in [-0.25, -0.2) is 0 Å². The minimum absolute atomic E-state index is 0.0137. The molecule has 104 valence electrons. The van der Waals surface area contributed by atoms with Gasteiger partial charge >= 0.3 is 0 Å². The van der Waals surface area contributed by atoms with E-state index in [2.05, 4.69) is 10.6 Å². The molecule has 0 saturated carbocycles. The molecule has 1 saturated heterocycles. The highest BCUT2D eigenvalue weighted by atomic mass is 16.5. The summed E-state index contributed by atoms with van der Waals surface area (Å²) in [6.45, 7) is 7.99. The van der Waals surface area contributed by atoms with E-state index in [1.54, 1.807) is 4.90 Å². The van der Waals surface area contributed by atoms with Gasteiger partial charge in [0.25, 0.3) is 0 Å². The second kappa shape index (κ2) is 7.33. The predicted octanol–water partition coefficient (Wildman–Crippen LogP) is -0.652. The molecular weight excluding hydrogens is 234 g/mol. The molecule has 2 amide bonds. The number of carbonyl (C=O) groups is 2. The van der Waals surface area contributed by atoms with Gasteiger partial charge in [0.1, 0.15) is 12.6 Å². The van der Waals surface area contributed by atoms with Gasteiger partial charge in [-0.2, -0.15) is 0 Å². The van der Waals surface area contributed by atoms with Gasteiger partial charge in [0, 0.05) is 26.2 Å². The zero-order chi connectivity index (χ0) is 13.5. The summed E-state index contributed by atoms with van der Waals surface area (Å²) in [6.07, 6.45) is 0.0137. The van der Waals surface area contributed by atoms with Gasteiger partial charge in [-0.3, -0.25) is 9.59 Å². The van der Waals surface area contributed by atoms with Crippen LogP contribution < -0.4 is 10.6 Å². The van der Waals surface area contributed by atoms with Gasteiger partial charge < -0.3 is 20.3 Å². The van der Waals surface area contributed by atoms with Crippen molar-refractivity contribution in [3.63, 3.8) is 0 Å². The third-order valence-corrected chi connectivity index (χ3v) is 2.76. The van der Waals surface area contributed by atoms with Gasteiger partial charge in [0.05, 0.1) is 6.10 Å². The van der Waals surface area contributed by atoms with Crippen molar-refractivity contribution in [2.45, 2.75) is 32.9 Å². The lowest BCUT2D eigenvalue weighted by Gasteiger charge is -2.35. The maximum atomic E-state index is 12.0. The molecule has 0 spiro atoms. The lowest BCUT2D eigenvalue weighted by Crippen LogP contribution is -2.60. The Labute approximate surface area is 108 Å². The van der Waals surface area contributed by atoms with Crippen LogP contribution in [-0.2, 0) is 14.3 Å². The number of hydrogen-bond donors (Lipinski definition) is 2. The lowest BCUT2D eigenvalue weighted by molar-refractivity contribution is -0.146. The van der Waals surface area contributed by atoms with Crippen molar-refractivity contribution in [3.8, 4) is 0 Å². The first-order valence-corrected chi connectivity index (χ1v) is 6.45. The quantitative estimate of drug-likeness (QED) is 0.686. The summed E-state index contributed by atoms with van der Waals surface area (Å²) < 4.78 is 5.30. The highest BCUT2D eigenvalue weighted by molar-refractivity contribution is 5.88. The molecule has 0 aliphatic carbocycles. The second-order valence-corrected chi connectivity index (χ2v) is 4.56. The van der Waals surface area contributed by atoms with Gasteiger partial charge in [0.2, 0.25) is 11.8 Å². The molecule has 2 N–H and O–H groups in total. The number of ether oxygens (including phenoxy) is 1. The molecule has 1 fully saturated rings. The van der Waals surface area contributed by atoms with Crippen LogP contribution >= 0.6 is 0 Å². The van der Waals surface area contributed by atoms with Crippen LogP contribution in [-0.4, -0.2) is 61.6 Å². The van der Waals surface area contributed by atoms with E-state index in [0.29, 0.717) is 26.2 Å². The highest BCUT2D eigenvalue weighted by Gasteiger charge is 2.31. The average molecular weight is 257 g/mol. The lowest BCUT2D eigenvalue weighted by atomic mass is 10.1. The van der Waals surface area contributed by atoms with E-state index in [4.69, 9.17) is 4.74 Å². The van der Waals surface area contributed by atoms with Gasteiger partial charge in [0.15, 0.2) is 0 Å². The smallest absolute Gasteiger partial charge is 0.249 e. The number of carbonyl (C=O) groups excluding carboxylic acids is 2. The minimum atomic E-state index is -0.429. The molecule has 1 aliphatic heterocycles. The molecular formula is C12H23N3O3. The van der Waals surface area contributed by atoms with Crippen LogP contribution in [0, 0.1) is 0 Å². The first-order chi connectivity index (χ1) is 8.56. The van der Waals surface area contributed by atoms with Crippen molar-refractivity contribution in [1.82, 2.24) is 15.5 Å². The molecule has 0 aromatic rings. The van der Waals surface area contributed by atoms with Crippen molar-refractivity contribution in [2.75, 3.05) is 32.8 Å². The van der Waals surface area contributed by atoms with Crippen LogP contribution in [0.5, 0.6) is 0 Å². The molecule has 1 unspecified atom stereocenters. The number of likely N-dealkylation sites (N-methyl/N-ethyl adjacent to an activating group) is 1. The Morgan fingerprint density at radius 2 is 2.22 bits per heavy atom. The molecule has 18 heavy (non-hydrogen) atoms. The number of nitrogens with one attached hydrogen (secondary N) is 2. The van der Waals surface area contributed by atoms with Crippen molar-refractivity contribution in [3.05, 3.63) is 0 Å². The van der Waals surface area contributed by atoms with Gasteiger partial charge in [-0.05, 0) is 20.8 Å². The predicted molar refractivity (Wildman–Crippen MR) is 68.1 cm³/mol. The normalized spacial score (nSPS) is 20.0. The minimum Gasteiger partial charge on any atom is -0.369 e. The number of rotatable bonds is 5. The molecule has 0 aromatic carbocycles. The Morgan fingerprint density at radius 1 is 1.50 bits per heavy atom. The Bertz CT molecular complexity index is 294. The third kappa shape index (κ3) is 4.27. The van der Waals surface area contributed by atoms with E-state index >= 15 is 0 Å². The summed E-state index contributed by atoms with van der Waals surface area (Å²) in [5.74, 6) is -0.232. The summed E-state index contributed by atoms with van der Waals surface area (Å²) in [4.78, 5) is 25.5. The summed E-state index contributed by atoms with van der Waals surface area (Å²) in [7, 11) is 0. The van der Waals surface area contributed by atoms with E-state index < -0.39 is 6.04 Å². The fraction of sp³-hybridized carbons (Fsp3) is 0.833. The van der Waals surface area contributed by atoms with Crippen LogP contribution in [0.2, 0.25) is 0 Å². The molecule has 0 bridgehead atoms. The SMILES string of the molecule is CCNC(=O)C1CNCCN1C(=O)COC(C)C. The van der Waals surface area contributed by atoms with E-state index in [1.807, 2.05) is 20.8 Å². The average Bonchev–Trinajstić information content (AvgIpc) is 2.36. The molecule has 1 aliphatic rings. The molecule has 6 heteroatoms. The number of piperazine rings is 1. The topological polar surface area (TPSA) is 70.7 Å². The molecule has 1 atom stereocenters. The van der Waals surface area contributed by atoms with Crippen molar-refractivity contribution in [2.24, 2.45) is 0 Å². The summed E-state index contributed by atoms with van der Waals surface area (Å²) in [5.41, 5.74) is 0. The first-order valence-electron chi connectivity index (χ1n) is 6.45. The third-order valence-electron chi connectivity index (χ3n) is 2.76. The van der Waals surface area contributed by atoms with Crippen LogP contribution in [0.1, 0.15) is 20.8 Å².